The Hall–Kier alpha value is -1.60. The predicted molar refractivity (Wildman–Crippen MR) is 72.7 cm³/mol. The van der Waals surface area contributed by atoms with E-state index in [0.717, 1.165) is 0 Å². The van der Waals surface area contributed by atoms with Crippen LogP contribution in [0.5, 0.6) is 0 Å². The Morgan fingerprint density at radius 2 is 1.12 bits per heavy atom. The van der Waals surface area contributed by atoms with Crippen molar-refractivity contribution in [2.24, 2.45) is 0 Å². The van der Waals surface area contributed by atoms with Crippen molar-refractivity contribution in [1.29, 1.82) is 0 Å². The molecule has 0 unspecified atom stereocenters. The summed E-state index contributed by atoms with van der Waals surface area (Å²) in [7, 11) is -0.605. The number of hydrogen-bond acceptors (Lipinski definition) is 0. The smallest absolute Gasteiger partial charge is 0.0628 e. The predicted octanol–water partition coefficient (Wildman–Crippen LogP) is 2.41. The quantitative estimate of drug-likeness (QED) is 0.599. The van der Waals surface area contributed by atoms with Crippen molar-refractivity contribution in [2.45, 2.75) is 6.55 Å². The van der Waals surface area contributed by atoms with Gasteiger partial charge < -0.3 is 0 Å². The zero-order valence-electron chi connectivity index (χ0n) is 9.27. The molecule has 3 rings (SSSR count). The average molecular weight is 221 g/mol. The Kier molecular flexibility index (Phi) is 2.26. The third-order valence-electron chi connectivity index (χ3n) is 3.17. The molecule has 0 N–H and O–H groups in total. The second-order valence-corrected chi connectivity index (χ2v) is 6.46. The van der Waals surface area contributed by atoms with Crippen molar-refractivity contribution in [1.82, 2.24) is 0 Å². The monoisotopic (exact) mass is 221 g/mol. The van der Waals surface area contributed by atoms with E-state index in [-0.39, 0.29) is 0 Å². The van der Waals surface area contributed by atoms with Gasteiger partial charge in [-0.15, -0.1) is 0 Å². The highest BCUT2D eigenvalue weighted by atomic mass is 28.3. The van der Waals surface area contributed by atoms with Gasteiger partial charge in [0.1, 0.15) is 8.80 Å². The first-order valence-corrected chi connectivity index (χ1v) is 7.57. The maximum atomic E-state index is 2.38. The lowest BCUT2D eigenvalue weighted by Gasteiger charge is -2.12. The van der Waals surface area contributed by atoms with Crippen LogP contribution in [0.3, 0.4) is 0 Å². The molecule has 0 spiro atoms. The van der Waals surface area contributed by atoms with Crippen molar-refractivity contribution < 1.29 is 0 Å². The molecule has 1 radical (unpaired) electrons. The van der Waals surface area contributed by atoms with Crippen LogP contribution in [0.1, 0.15) is 11.1 Å². The van der Waals surface area contributed by atoms with Crippen LogP contribution >= 0.6 is 0 Å². The lowest BCUT2D eigenvalue weighted by Crippen LogP contribution is -2.40. The Bertz CT molecular complexity index is 505. The molecular formula is C15H13Si. The molecule has 1 heteroatoms. The van der Waals surface area contributed by atoms with Crippen LogP contribution < -0.4 is 10.4 Å². The minimum Gasteiger partial charge on any atom is -0.0628 e. The van der Waals surface area contributed by atoms with Crippen LogP contribution in [0.2, 0.25) is 6.55 Å². The van der Waals surface area contributed by atoms with E-state index in [2.05, 4.69) is 67.2 Å². The molecule has 0 aliphatic carbocycles. The van der Waals surface area contributed by atoms with E-state index in [1.165, 1.54) is 21.5 Å². The summed E-state index contributed by atoms with van der Waals surface area (Å²) in [6, 6.07) is 17.5. The van der Waals surface area contributed by atoms with Crippen LogP contribution in [-0.2, 0) is 0 Å². The molecule has 1 heterocycles. The number of rotatable bonds is 0. The highest BCUT2D eigenvalue weighted by Crippen LogP contribution is 2.11. The Morgan fingerprint density at radius 1 is 0.688 bits per heavy atom. The fourth-order valence-electron chi connectivity index (χ4n) is 2.29. The van der Waals surface area contributed by atoms with Crippen molar-refractivity contribution in [3.8, 4) is 0 Å². The van der Waals surface area contributed by atoms with Gasteiger partial charge in [0.15, 0.2) is 0 Å². The highest BCUT2D eigenvalue weighted by molar-refractivity contribution is 6.85. The van der Waals surface area contributed by atoms with Crippen molar-refractivity contribution >= 4 is 31.3 Å². The van der Waals surface area contributed by atoms with Gasteiger partial charge in [-0.1, -0.05) is 67.2 Å². The molecule has 77 valence electrons. The molecule has 2 aromatic rings. The first-order chi connectivity index (χ1) is 7.86. The Labute approximate surface area is 97.9 Å². The first-order valence-electron chi connectivity index (χ1n) is 5.57. The van der Waals surface area contributed by atoms with E-state index in [9.17, 15) is 0 Å². The van der Waals surface area contributed by atoms with Gasteiger partial charge in [0.05, 0.1) is 0 Å². The van der Waals surface area contributed by atoms with Gasteiger partial charge >= 0.3 is 0 Å². The second kappa shape index (κ2) is 3.76. The molecule has 0 bridgehead atoms. The molecule has 2 aromatic carbocycles. The van der Waals surface area contributed by atoms with E-state index in [1.807, 2.05) is 0 Å². The zero-order valence-corrected chi connectivity index (χ0v) is 10.3. The molecule has 0 atom stereocenters. The first kappa shape index (κ1) is 9.61. The van der Waals surface area contributed by atoms with Crippen LogP contribution in [0.4, 0.5) is 0 Å². The fourth-order valence-corrected chi connectivity index (χ4v) is 4.47. The molecule has 16 heavy (non-hydrogen) atoms. The molecule has 0 saturated heterocycles. The fraction of sp³-hybridized carbons (Fsp3) is 0.0667. The lowest BCUT2D eigenvalue weighted by molar-refractivity contribution is 1.70. The van der Waals surface area contributed by atoms with E-state index in [4.69, 9.17) is 0 Å². The molecule has 0 fully saturated rings. The van der Waals surface area contributed by atoms with Crippen molar-refractivity contribution in [3.05, 3.63) is 59.7 Å². The Morgan fingerprint density at radius 3 is 1.62 bits per heavy atom. The van der Waals surface area contributed by atoms with Crippen molar-refractivity contribution in [2.75, 3.05) is 0 Å². The summed E-state index contributed by atoms with van der Waals surface area (Å²) in [5.74, 6) is 0. The van der Waals surface area contributed by atoms with Crippen molar-refractivity contribution in [3.63, 3.8) is 0 Å². The molecule has 1 aliphatic heterocycles. The number of hydrogen-bond donors (Lipinski definition) is 0. The number of benzene rings is 2. The molecule has 0 amide bonds. The summed E-state index contributed by atoms with van der Waals surface area (Å²) in [6.45, 7) is 2.38. The maximum absolute atomic E-state index is 2.38. The van der Waals surface area contributed by atoms with Gasteiger partial charge in [-0.05, 0) is 21.5 Å². The van der Waals surface area contributed by atoms with Gasteiger partial charge in [-0.2, -0.15) is 0 Å². The minimum atomic E-state index is -0.605. The third kappa shape index (κ3) is 1.44. The van der Waals surface area contributed by atoms with Crippen LogP contribution in [0.25, 0.3) is 12.2 Å². The summed E-state index contributed by atoms with van der Waals surface area (Å²) in [6.07, 6.45) is 4.49. The molecule has 0 saturated carbocycles. The van der Waals surface area contributed by atoms with E-state index in [1.54, 1.807) is 0 Å². The van der Waals surface area contributed by atoms with Crippen LogP contribution in [0.15, 0.2) is 48.5 Å². The molecule has 0 aromatic heterocycles. The van der Waals surface area contributed by atoms with E-state index < -0.39 is 8.80 Å². The summed E-state index contributed by atoms with van der Waals surface area (Å²) in [4.78, 5) is 0. The van der Waals surface area contributed by atoms with E-state index >= 15 is 0 Å². The summed E-state index contributed by atoms with van der Waals surface area (Å²) in [5.41, 5.74) is 2.77. The second-order valence-electron chi connectivity index (χ2n) is 4.13. The van der Waals surface area contributed by atoms with Gasteiger partial charge in [0.25, 0.3) is 0 Å². The zero-order chi connectivity index (χ0) is 11.0. The van der Waals surface area contributed by atoms with Gasteiger partial charge in [-0.25, -0.2) is 0 Å². The topological polar surface area (TPSA) is 0 Å². The summed E-state index contributed by atoms with van der Waals surface area (Å²) in [5, 5.41) is 3.04. The van der Waals surface area contributed by atoms with Gasteiger partial charge in [0, 0.05) is 0 Å². The molecule has 1 aliphatic rings. The van der Waals surface area contributed by atoms with Crippen LogP contribution in [0, 0.1) is 0 Å². The highest BCUT2D eigenvalue weighted by Gasteiger charge is 2.17. The molecular weight excluding hydrogens is 208 g/mol. The standard InChI is InChI=1S/C15H13Si/c1-16-14-8-4-2-6-12(14)10-11-13-7-3-5-9-15(13)16/h2-11H,1H3. The summed E-state index contributed by atoms with van der Waals surface area (Å²) < 4.78 is 0. The lowest BCUT2D eigenvalue weighted by atomic mass is 10.1. The van der Waals surface area contributed by atoms with Gasteiger partial charge in [-0.3, -0.25) is 0 Å². The normalized spacial score (nSPS) is 14.1. The summed E-state index contributed by atoms with van der Waals surface area (Å²) >= 11 is 0. The van der Waals surface area contributed by atoms with Crippen LogP contribution in [-0.4, -0.2) is 8.80 Å². The largest absolute Gasteiger partial charge is 0.119 e. The third-order valence-corrected chi connectivity index (χ3v) is 5.70. The SMILES string of the molecule is C[Si]1c2ccccc2C=Cc2ccccc21. The van der Waals surface area contributed by atoms with Gasteiger partial charge in [0.2, 0.25) is 0 Å². The maximum Gasteiger partial charge on any atom is 0.119 e. The number of fused-ring (bicyclic) bond motifs is 2. The Balaban J connectivity index is 2.26. The molecule has 0 nitrogen and oxygen atoms in total. The minimum absolute atomic E-state index is 0.605. The average Bonchev–Trinajstić information content (AvgIpc) is 2.49. The van der Waals surface area contributed by atoms with E-state index in [0.29, 0.717) is 0 Å².